The highest BCUT2D eigenvalue weighted by Gasteiger charge is 2.15. The number of fused-ring (bicyclic) bond motifs is 1. The fourth-order valence-electron chi connectivity index (χ4n) is 1.92. The van der Waals surface area contributed by atoms with Gasteiger partial charge in [-0.25, -0.2) is 14.4 Å². The number of carbonyl (C=O) groups excluding carboxylic acids is 2. The van der Waals surface area contributed by atoms with Crippen molar-refractivity contribution in [3.05, 3.63) is 35.1 Å². The van der Waals surface area contributed by atoms with Gasteiger partial charge in [0.1, 0.15) is 5.82 Å². The molecule has 10 heteroatoms. The van der Waals surface area contributed by atoms with E-state index in [-0.39, 0.29) is 23.4 Å². The molecule has 25 heavy (non-hydrogen) atoms. The van der Waals surface area contributed by atoms with E-state index in [2.05, 4.69) is 15.3 Å². The number of nitrogens with two attached hydrogens (primary N) is 1. The SMILES string of the molecule is CC(Sc1nc(CC(=O)Nc2nc3cc(F)ccc3s2)cs1)C(N)=O. The number of nitrogens with one attached hydrogen (secondary N) is 1. The van der Waals surface area contributed by atoms with Crippen LogP contribution in [0.3, 0.4) is 0 Å². The zero-order chi connectivity index (χ0) is 18.0. The van der Waals surface area contributed by atoms with E-state index >= 15 is 0 Å². The monoisotopic (exact) mass is 396 g/mol. The van der Waals surface area contributed by atoms with E-state index in [1.54, 1.807) is 18.4 Å². The third-order valence-corrected chi connectivity index (χ3v) is 6.24. The molecule has 3 aromatic rings. The van der Waals surface area contributed by atoms with Crippen molar-refractivity contribution in [3.63, 3.8) is 0 Å². The molecule has 1 atom stereocenters. The van der Waals surface area contributed by atoms with E-state index in [0.29, 0.717) is 20.7 Å². The predicted molar refractivity (Wildman–Crippen MR) is 98.5 cm³/mol. The van der Waals surface area contributed by atoms with E-state index in [1.807, 2.05) is 0 Å². The fourth-order valence-corrected chi connectivity index (χ4v) is 4.71. The van der Waals surface area contributed by atoms with Crippen LogP contribution in [0.25, 0.3) is 10.2 Å². The number of primary amides is 1. The Morgan fingerprint density at radius 3 is 2.96 bits per heavy atom. The first-order valence-corrected chi connectivity index (χ1v) is 9.74. The van der Waals surface area contributed by atoms with Crippen molar-refractivity contribution in [1.29, 1.82) is 0 Å². The molecule has 3 N–H and O–H groups in total. The van der Waals surface area contributed by atoms with Gasteiger partial charge in [0.15, 0.2) is 9.47 Å². The highest BCUT2D eigenvalue weighted by atomic mass is 32.2. The second-order valence-corrected chi connectivity index (χ2v) is 8.60. The van der Waals surface area contributed by atoms with Crippen LogP contribution < -0.4 is 11.1 Å². The van der Waals surface area contributed by atoms with Crippen molar-refractivity contribution in [1.82, 2.24) is 9.97 Å². The third-order valence-electron chi connectivity index (χ3n) is 3.15. The number of anilines is 1. The Balaban J connectivity index is 1.62. The zero-order valence-corrected chi connectivity index (χ0v) is 15.4. The van der Waals surface area contributed by atoms with Gasteiger partial charge in [0.05, 0.1) is 27.6 Å². The average molecular weight is 396 g/mol. The maximum atomic E-state index is 13.2. The molecule has 1 unspecified atom stereocenters. The molecule has 0 fully saturated rings. The topological polar surface area (TPSA) is 98.0 Å². The highest BCUT2D eigenvalue weighted by Crippen LogP contribution is 2.28. The lowest BCUT2D eigenvalue weighted by atomic mass is 10.3. The van der Waals surface area contributed by atoms with Crippen LogP contribution in [0.15, 0.2) is 27.9 Å². The predicted octanol–water partition coefficient (Wildman–Crippen LogP) is 3.04. The largest absolute Gasteiger partial charge is 0.369 e. The van der Waals surface area contributed by atoms with E-state index in [0.717, 1.165) is 4.70 Å². The molecule has 0 aliphatic heterocycles. The number of aromatic nitrogens is 2. The van der Waals surface area contributed by atoms with Gasteiger partial charge in [-0.05, 0) is 19.1 Å². The van der Waals surface area contributed by atoms with E-state index in [4.69, 9.17) is 5.73 Å². The number of amides is 2. The van der Waals surface area contributed by atoms with Gasteiger partial charge in [-0.15, -0.1) is 11.3 Å². The summed E-state index contributed by atoms with van der Waals surface area (Å²) in [6.45, 7) is 1.71. The third kappa shape index (κ3) is 4.53. The number of hydrogen-bond acceptors (Lipinski definition) is 7. The van der Waals surface area contributed by atoms with Gasteiger partial charge in [0.2, 0.25) is 11.8 Å². The first-order valence-electron chi connectivity index (χ1n) is 7.17. The summed E-state index contributed by atoms with van der Waals surface area (Å²) in [6, 6.07) is 4.31. The second-order valence-electron chi connectivity index (χ2n) is 5.12. The molecule has 6 nitrogen and oxygen atoms in total. The van der Waals surface area contributed by atoms with Crippen molar-refractivity contribution >= 4 is 61.6 Å². The van der Waals surface area contributed by atoms with E-state index < -0.39 is 5.91 Å². The van der Waals surface area contributed by atoms with Gasteiger partial charge in [-0.1, -0.05) is 23.1 Å². The molecule has 2 aromatic heterocycles. The lowest BCUT2D eigenvalue weighted by Gasteiger charge is -2.02. The summed E-state index contributed by atoms with van der Waals surface area (Å²) in [5.74, 6) is -1.04. The molecule has 3 rings (SSSR count). The van der Waals surface area contributed by atoms with Crippen LogP contribution in [-0.2, 0) is 16.0 Å². The van der Waals surface area contributed by atoms with Gasteiger partial charge < -0.3 is 11.1 Å². The van der Waals surface area contributed by atoms with Crippen LogP contribution >= 0.6 is 34.4 Å². The zero-order valence-electron chi connectivity index (χ0n) is 13.0. The molecule has 0 saturated heterocycles. The lowest BCUT2D eigenvalue weighted by Crippen LogP contribution is -2.22. The smallest absolute Gasteiger partial charge is 0.232 e. The van der Waals surface area contributed by atoms with E-state index in [9.17, 15) is 14.0 Å². The highest BCUT2D eigenvalue weighted by molar-refractivity contribution is 8.02. The molecule has 0 aliphatic carbocycles. The van der Waals surface area contributed by atoms with Crippen molar-refractivity contribution in [2.75, 3.05) is 5.32 Å². The average Bonchev–Trinajstić information content (AvgIpc) is 3.12. The Kier molecular flexibility index (Phi) is 5.30. The number of rotatable bonds is 6. The molecular formula is C15H13FN4O2S3. The molecule has 1 aromatic carbocycles. The summed E-state index contributed by atoms with van der Waals surface area (Å²) >= 11 is 3.90. The van der Waals surface area contributed by atoms with Crippen LogP contribution in [0.4, 0.5) is 9.52 Å². The minimum absolute atomic E-state index is 0.0896. The minimum atomic E-state index is -0.410. The summed E-state index contributed by atoms with van der Waals surface area (Å²) < 4.78 is 14.7. The normalized spacial score (nSPS) is 12.2. The second kappa shape index (κ2) is 7.46. The van der Waals surface area contributed by atoms with E-state index in [1.165, 1.54) is 46.6 Å². The number of carbonyl (C=O) groups is 2. The van der Waals surface area contributed by atoms with Crippen LogP contribution in [-0.4, -0.2) is 27.0 Å². The first kappa shape index (κ1) is 17.8. The van der Waals surface area contributed by atoms with Crippen LogP contribution in [0.2, 0.25) is 0 Å². The molecule has 2 amide bonds. The van der Waals surface area contributed by atoms with Crippen molar-refractivity contribution in [3.8, 4) is 0 Å². The van der Waals surface area contributed by atoms with Crippen LogP contribution in [0.5, 0.6) is 0 Å². The molecule has 0 saturated carbocycles. The Bertz CT molecular complexity index is 940. The quantitative estimate of drug-likeness (QED) is 0.624. The molecule has 0 spiro atoms. The number of nitrogens with zero attached hydrogens (tertiary/aromatic N) is 2. The Labute approximate surface area is 154 Å². The number of halogens is 1. The van der Waals surface area contributed by atoms with Crippen molar-refractivity contribution < 1.29 is 14.0 Å². The van der Waals surface area contributed by atoms with Crippen LogP contribution in [0, 0.1) is 5.82 Å². The number of thiazole rings is 2. The number of thioether (sulfide) groups is 1. The lowest BCUT2D eigenvalue weighted by molar-refractivity contribution is -0.117. The molecule has 0 bridgehead atoms. The summed E-state index contributed by atoms with van der Waals surface area (Å²) in [5, 5.41) is 4.50. The van der Waals surface area contributed by atoms with Crippen molar-refractivity contribution in [2.45, 2.75) is 22.9 Å². The molecule has 0 aliphatic rings. The van der Waals surface area contributed by atoms with Gasteiger partial charge in [-0.2, -0.15) is 0 Å². The number of hydrogen-bond donors (Lipinski definition) is 2. The van der Waals surface area contributed by atoms with Gasteiger partial charge in [0, 0.05) is 11.4 Å². The summed E-state index contributed by atoms with van der Waals surface area (Å²) in [5.41, 5.74) is 6.34. The van der Waals surface area contributed by atoms with Gasteiger partial charge in [0.25, 0.3) is 0 Å². The number of benzene rings is 1. The Morgan fingerprint density at radius 2 is 2.20 bits per heavy atom. The summed E-state index contributed by atoms with van der Waals surface area (Å²) in [6.07, 6.45) is 0.0896. The van der Waals surface area contributed by atoms with Gasteiger partial charge >= 0.3 is 0 Å². The van der Waals surface area contributed by atoms with Crippen molar-refractivity contribution in [2.24, 2.45) is 5.73 Å². The molecule has 130 valence electrons. The van der Waals surface area contributed by atoms with Gasteiger partial charge in [-0.3, -0.25) is 9.59 Å². The maximum Gasteiger partial charge on any atom is 0.232 e. The minimum Gasteiger partial charge on any atom is -0.369 e. The molecule has 2 heterocycles. The standard InChI is InChI=1S/C15H13FN4O2S3/c1-7(13(17)22)24-15-18-9(6-23-15)5-12(21)20-14-19-10-4-8(16)2-3-11(10)25-14/h2-4,6-7H,5H2,1H3,(H2,17,22)(H,19,20,21). The first-order chi connectivity index (χ1) is 11.9. The Morgan fingerprint density at radius 1 is 1.40 bits per heavy atom. The Hall–Kier alpha value is -2.04. The van der Waals surface area contributed by atoms with Crippen LogP contribution in [0.1, 0.15) is 12.6 Å². The molecular weight excluding hydrogens is 383 g/mol. The summed E-state index contributed by atoms with van der Waals surface area (Å²) in [4.78, 5) is 31.7. The fraction of sp³-hybridized carbons (Fsp3) is 0.200. The maximum absolute atomic E-state index is 13.2. The summed E-state index contributed by atoms with van der Waals surface area (Å²) in [7, 11) is 0. The molecule has 0 radical (unpaired) electrons.